The van der Waals surface area contributed by atoms with Gasteiger partial charge in [-0.1, -0.05) is 48.5 Å². The summed E-state index contributed by atoms with van der Waals surface area (Å²) in [4.78, 5) is 12.7. The van der Waals surface area contributed by atoms with E-state index < -0.39 is 0 Å². The third kappa shape index (κ3) is 5.43. The first-order valence-corrected chi connectivity index (χ1v) is 11.7. The molecule has 4 nitrogen and oxygen atoms in total. The van der Waals surface area contributed by atoms with Crippen LogP contribution >= 0.6 is 11.9 Å². The largest absolute Gasteiger partial charge is 0.287 e. The number of hydrogen-bond acceptors (Lipinski definition) is 5. The molecule has 1 aliphatic heterocycles. The first-order chi connectivity index (χ1) is 15.8. The van der Waals surface area contributed by atoms with Crippen LogP contribution in [0.4, 0.5) is 0 Å². The third-order valence-electron chi connectivity index (χ3n) is 5.60. The molecular formula is C27H26N4S. The predicted octanol–water partition coefficient (Wildman–Crippen LogP) is 5.70. The van der Waals surface area contributed by atoms with E-state index in [9.17, 15) is 0 Å². The first-order valence-electron chi connectivity index (χ1n) is 10.9. The summed E-state index contributed by atoms with van der Waals surface area (Å²) in [6.07, 6.45) is 3.72. The van der Waals surface area contributed by atoms with E-state index in [-0.39, 0.29) is 0 Å². The molecule has 2 aromatic carbocycles. The van der Waals surface area contributed by atoms with Crippen LogP contribution in [0.3, 0.4) is 0 Å². The lowest BCUT2D eigenvalue weighted by atomic mass is 10.1. The van der Waals surface area contributed by atoms with Gasteiger partial charge in [0, 0.05) is 50.0 Å². The average molecular weight is 439 g/mol. The molecule has 3 heterocycles. The molecule has 0 fully saturated rings. The second-order valence-corrected chi connectivity index (χ2v) is 9.26. The zero-order chi connectivity index (χ0) is 21.6. The van der Waals surface area contributed by atoms with Gasteiger partial charge in [0.1, 0.15) is 0 Å². The number of fused-ring (bicyclic) bond motifs is 1. The standard InChI is InChI=1S/C27H26N4S/c1-2-8-24-19-31(18-23(24)7-1)32-27-13-11-22(12-14-27)17-30(20-25-9-3-5-15-28-25)21-26-10-4-6-16-29-26/h1-16H,17-21H2. The maximum atomic E-state index is 4.52. The van der Waals surface area contributed by atoms with Crippen molar-refractivity contribution in [2.75, 3.05) is 0 Å². The van der Waals surface area contributed by atoms with Gasteiger partial charge in [-0.15, -0.1) is 0 Å². The lowest BCUT2D eigenvalue weighted by Gasteiger charge is -2.22. The minimum Gasteiger partial charge on any atom is -0.287 e. The zero-order valence-corrected chi connectivity index (χ0v) is 18.8. The zero-order valence-electron chi connectivity index (χ0n) is 18.0. The molecular weight excluding hydrogens is 412 g/mol. The molecule has 0 N–H and O–H groups in total. The van der Waals surface area contributed by atoms with Crippen LogP contribution in [-0.4, -0.2) is 19.2 Å². The SMILES string of the molecule is c1ccc(CN(Cc2ccc(SN3Cc4ccccc4C3)cc2)Cc2ccccn2)nc1. The van der Waals surface area contributed by atoms with Gasteiger partial charge in [-0.3, -0.25) is 14.9 Å². The van der Waals surface area contributed by atoms with Gasteiger partial charge < -0.3 is 0 Å². The number of pyridine rings is 2. The monoisotopic (exact) mass is 438 g/mol. The molecule has 4 aromatic rings. The fraction of sp³-hybridized carbons (Fsp3) is 0.185. The molecule has 0 spiro atoms. The van der Waals surface area contributed by atoms with Gasteiger partial charge in [0.25, 0.3) is 0 Å². The Balaban J connectivity index is 1.24. The highest BCUT2D eigenvalue weighted by Crippen LogP contribution is 2.32. The van der Waals surface area contributed by atoms with Crippen LogP contribution in [0.2, 0.25) is 0 Å². The van der Waals surface area contributed by atoms with E-state index >= 15 is 0 Å². The van der Waals surface area contributed by atoms with E-state index in [0.29, 0.717) is 0 Å². The van der Waals surface area contributed by atoms with Gasteiger partial charge in [0.05, 0.1) is 11.4 Å². The Kier molecular flexibility index (Phi) is 6.58. The Hall–Kier alpha value is -2.99. The molecule has 0 saturated heterocycles. The molecule has 32 heavy (non-hydrogen) atoms. The molecule has 0 amide bonds. The second kappa shape index (κ2) is 10.1. The fourth-order valence-corrected chi connectivity index (χ4v) is 5.00. The van der Waals surface area contributed by atoms with Crippen molar-refractivity contribution >= 4 is 11.9 Å². The molecule has 2 aromatic heterocycles. The molecule has 5 heteroatoms. The lowest BCUT2D eigenvalue weighted by molar-refractivity contribution is 0.241. The van der Waals surface area contributed by atoms with E-state index in [1.807, 2.05) is 48.6 Å². The summed E-state index contributed by atoms with van der Waals surface area (Å²) in [6.45, 7) is 4.45. The summed E-state index contributed by atoms with van der Waals surface area (Å²) in [6, 6.07) is 29.9. The van der Waals surface area contributed by atoms with Gasteiger partial charge in [-0.2, -0.15) is 0 Å². The Morgan fingerprint density at radius 1 is 0.656 bits per heavy atom. The summed E-state index contributed by atoms with van der Waals surface area (Å²) < 4.78 is 2.42. The van der Waals surface area contributed by atoms with E-state index in [1.54, 1.807) is 0 Å². The number of rotatable bonds is 8. The first kappa shape index (κ1) is 20.9. The average Bonchev–Trinajstić information content (AvgIpc) is 3.24. The molecule has 160 valence electrons. The molecule has 0 atom stereocenters. The summed E-state index contributed by atoms with van der Waals surface area (Å²) >= 11 is 1.84. The Morgan fingerprint density at radius 3 is 1.75 bits per heavy atom. The number of hydrogen-bond donors (Lipinski definition) is 0. The number of nitrogens with zero attached hydrogens (tertiary/aromatic N) is 4. The van der Waals surface area contributed by atoms with Gasteiger partial charge in [-0.25, -0.2) is 4.31 Å². The summed E-state index contributed by atoms with van der Waals surface area (Å²) in [5, 5.41) is 0. The van der Waals surface area contributed by atoms with Crippen LogP contribution in [0.25, 0.3) is 0 Å². The van der Waals surface area contributed by atoms with E-state index in [4.69, 9.17) is 0 Å². The van der Waals surface area contributed by atoms with Crippen molar-refractivity contribution in [1.29, 1.82) is 0 Å². The molecule has 0 radical (unpaired) electrons. The van der Waals surface area contributed by atoms with Crippen molar-refractivity contribution in [1.82, 2.24) is 19.2 Å². The molecule has 1 aliphatic rings. The highest BCUT2D eigenvalue weighted by molar-refractivity contribution is 7.97. The fourth-order valence-electron chi connectivity index (χ4n) is 4.04. The highest BCUT2D eigenvalue weighted by Gasteiger charge is 2.19. The number of benzene rings is 2. The molecule has 5 rings (SSSR count). The minimum absolute atomic E-state index is 0.792. The van der Waals surface area contributed by atoms with Crippen LogP contribution in [0, 0.1) is 0 Å². The normalized spacial score (nSPS) is 13.4. The summed E-state index contributed by atoms with van der Waals surface area (Å²) in [7, 11) is 0. The van der Waals surface area contributed by atoms with Crippen LogP contribution in [0.5, 0.6) is 0 Å². The molecule has 0 saturated carbocycles. The van der Waals surface area contributed by atoms with Crippen molar-refractivity contribution < 1.29 is 0 Å². The van der Waals surface area contributed by atoms with E-state index in [2.05, 4.69) is 79.8 Å². The van der Waals surface area contributed by atoms with Crippen LogP contribution in [0.1, 0.15) is 28.1 Å². The topological polar surface area (TPSA) is 32.3 Å². The summed E-state index contributed by atoms with van der Waals surface area (Å²) in [5.41, 5.74) is 6.33. The van der Waals surface area contributed by atoms with Crippen molar-refractivity contribution in [3.8, 4) is 0 Å². The predicted molar refractivity (Wildman–Crippen MR) is 129 cm³/mol. The van der Waals surface area contributed by atoms with Gasteiger partial charge in [-0.05, 0) is 65.0 Å². The van der Waals surface area contributed by atoms with Crippen molar-refractivity contribution in [3.63, 3.8) is 0 Å². The third-order valence-corrected chi connectivity index (χ3v) is 6.60. The Bertz CT molecular complexity index is 1070. The molecule has 0 bridgehead atoms. The molecule has 0 aliphatic carbocycles. The van der Waals surface area contributed by atoms with Crippen molar-refractivity contribution in [2.45, 2.75) is 37.6 Å². The highest BCUT2D eigenvalue weighted by atomic mass is 32.2. The van der Waals surface area contributed by atoms with E-state index in [1.165, 1.54) is 21.6 Å². The van der Waals surface area contributed by atoms with Crippen molar-refractivity contribution in [3.05, 3.63) is 125 Å². The Morgan fingerprint density at radius 2 is 1.22 bits per heavy atom. The Labute approximate surface area is 194 Å². The van der Waals surface area contributed by atoms with Crippen molar-refractivity contribution in [2.24, 2.45) is 0 Å². The second-order valence-electron chi connectivity index (χ2n) is 8.09. The van der Waals surface area contributed by atoms with Crippen LogP contribution in [-0.2, 0) is 32.7 Å². The smallest absolute Gasteiger partial charge is 0.0544 e. The number of aromatic nitrogens is 2. The summed E-state index contributed by atoms with van der Waals surface area (Å²) in [5.74, 6) is 0. The maximum absolute atomic E-state index is 4.52. The quantitative estimate of drug-likeness (QED) is 0.329. The van der Waals surface area contributed by atoms with Gasteiger partial charge in [0.2, 0.25) is 0 Å². The van der Waals surface area contributed by atoms with Crippen LogP contribution in [0.15, 0.2) is 102 Å². The van der Waals surface area contributed by atoms with Gasteiger partial charge in [0.15, 0.2) is 0 Å². The van der Waals surface area contributed by atoms with E-state index in [0.717, 1.165) is 44.1 Å². The van der Waals surface area contributed by atoms with Gasteiger partial charge >= 0.3 is 0 Å². The minimum atomic E-state index is 0.792. The lowest BCUT2D eigenvalue weighted by Crippen LogP contribution is -2.23. The molecule has 0 unspecified atom stereocenters. The maximum Gasteiger partial charge on any atom is 0.0544 e. The van der Waals surface area contributed by atoms with Crippen LogP contribution < -0.4 is 0 Å².